The first-order valence-electron chi connectivity index (χ1n) is 10.2. The summed E-state index contributed by atoms with van der Waals surface area (Å²) in [6, 6.07) is 9.02. The Morgan fingerprint density at radius 1 is 1.25 bits per heavy atom. The summed E-state index contributed by atoms with van der Waals surface area (Å²) in [5, 5.41) is 0.425. The third-order valence-electron chi connectivity index (χ3n) is 5.46. The van der Waals surface area contributed by atoms with Gasteiger partial charge in [0.15, 0.2) is 11.9 Å². The molecule has 2 unspecified atom stereocenters. The molecule has 3 aromatic rings. The number of aromatic amines is 1. The molecule has 10 heteroatoms. The van der Waals surface area contributed by atoms with Crippen LogP contribution in [0.15, 0.2) is 47.4 Å². The minimum Gasteiger partial charge on any atom is -0.454 e. The van der Waals surface area contributed by atoms with Crippen LogP contribution in [-0.2, 0) is 15.7 Å². The van der Waals surface area contributed by atoms with Crippen LogP contribution in [0, 0.1) is 5.92 Å². The Kier molecular flexibility index (Phi) is 5.86. The van der Waals surface area contributed by atoms with E-state index in [-0.39, 0.29) is 23.7 Å². The van der Waals surface area contributed by atoms with Gasteiger partial charge in [-0.2, -0.15) is 13.2 Å². The lowest BCUT2D eigenvalue weighted by Crippen LogP contribution is -2.41. The second-order valence-electron chi connectivity index (χ2n) is 7.70. The lowest BCUT2D eigenvalue weighted by Gasteiger charge is -2.34. The standard InChI is InChI=1S/C22H21F3N4O3/c1-13(18-27-17-9-3-2-7-15(17)20(30)28-18)32-21(31)14-6-5-11-29(12-14)19-16(22(23,24)25)8-4-10-26-19/h2-4,7-10,13-14H,5-6,11-12H2,1H3,(H,27,28,30). The van der Waals surface area contributed by atoms with Gasteiger partial charge in [-0.3, -0.25) is 9.59 Å². The van der Waals surface area contributed by atoms with Crippen molar-refractivity contribution in [1.29, 1.82) is 0 Å². The largest absolute Gasteiger partial charge is 0.454 e. The number of pyridine rings is 1. The van der Waals surface area contributed by atoms with Crippen LogP contribution in [0.5, 0.6) is 0 Å². The van der Waals surface area contributed by atoms with Crippen LogP contribution in [0.2, 0.25) is 0 Å². The molecule has 0 spiro atoms. The van der Waals surface area contributed by atoms with Gasteiger partial charge in [-0.1, -0.05) is 12.1 Å². The van der Waals surface area contributed by atoms with Gasteiger partial charge in [-0.15, -0.1) is 0 Å². The maximum absolute atomic E-state index is 13.4. The van der Waals surface area contributed by atoms with E-state index in [2.05, 4.69) is 15.0 Å². The Hall–Kier alpha value is -3.43. The average molecular weight is 446 g/mol. The van der Waals surface area contributed by atoms with E-state index in [9.17, 15) is 22.8 Å². The summed E-state index contributed by atoms with van der Waals surface area (Å²) in [6.07, 6.45) is -3.06. The van der Waals surface area contributed by atoms with Crippen molar-refractivity contribution in [1.82, 2.24) is 15.0 Å². The number of rotatable bonds is 4. The summed E-state index contributed by atoms with van der Waals surface area (Å²) < 4.78 is 45.6. The predicted molar refractivity (Wildman–Crippen MR) is 111 cm³/mol. The maximum atomic E-state index is 13.4. The number of piperidine rings is 1. The summed E-state index contributed by atoms with van der Waals surface area (Å²) in [5.74, 6) is -1.16. The van der Waals surface area contributed by atoms with E-state index >= 15 is 0 Å². The SMILES string of the molecule is CC(OC(=O)C1CCCN(c2ncccc2C(F)(F)F)C1)c1nc2ccccc2c(=O)[nH]1. The van der Waals surface area contributed by atoms with Gasteiger partial charge in [0, 0.05) is 19.3 Å². The fourth-order valence-corrected chi connectivity index (χ4v) is 3.86. The zero-order chi connectivity index (χ0) is 22.9. The molecule has 1 saturated heterocycles. The number of hydrogen-bond acceptors (Lipinski definition) is 6. The van der Waals surface area contributed by atoms with Gasteiger partial charge in [-0.05, 0) is 44.0 Å². The first-order valence-corrected chi connectivity index (χ1v) is 10.2. The topological polar surface area (TPSA) is 88.2 Å². The summed E-state index contributed by atoms with van der Waals surface area (Å²) in [5.41, 5.74) is -0.694. The second-order valence-corrected chi connectivity index (χ2v) is 7.70. The third kappa shape index (κ3) is 4.44. The molecule has 0 bridgehead atoms. The quantitative estimate of drug-likeness (QED) is 0.613. The predicted octanol–water partition coefficient (Wildman–Crippen LogP) is 3.86. The molecule has 0 saturated carbocycles. The van der Waals surface area contributed by atoms with E-state index in [1.54, 1.807) is 31.2 Å². The molecule has 2 atom stereocenters. The molecule has 3 heterocycles. The highest BCUT2D eigenvalue weighted by Gasteiger charge is 2.37. The van der Waals surface area contributed by atoms with Crippen LogP contribution in [0.1, 0.15) is 37.3 Å². The van der Waals surface area contributed by atoms with E-state index in [0.717, 1.165) is 6.07 Å². The monoisotopic (exact) mass is 446 g/mol. The van der Waals surface area contributed by atoms with Crippen molar-refractivity contribution in [3.8, 4) is 0 Å². The van der Waals surface area contributed by atoms with Crippen LogP contribution < -0.4 is 10.5 Å². The molecule has 0 radical (unpaired) electrons. The van der Waals surface area contributed by atoms with Crippen LogP contribution in [-0.4, -0.2) is 34.0 Å². The number of para-hydroxylation sites is 1. The molecule has 1 fully saturated rings. The first-order chi connectivity index (χ1) is 15.2. The number of hydrogen-bond donors (Lipinski definition) is 1. The summed E-state index contributed by atoms with van der Waals surface area (Å²) in [6.45, 7) is 2.01. The van der Waals surface area contributed by atoms with E-state index in [4.69, 9.17) is 4.74 Å². The number of ether oxygens (including phenoxy) is 1. The molecule has 32 heavy (non-hydrogen) atoms. The molecular weight excluding hydrogens is 425 g/mol. The number of fused-ring (bicyclic) bond motifs is 1. The number of halogens is 3. The van der Waals surface area contributed by atoms with Crippen molar-refractivity contribution >= 4 is 22.7 Å². The molecule has 1 aromatic carbocycles. The van der Waals surface area contributed by atoms with Crippen LogP contribution in [0.25, 0.3) is 10.9 Å². The van der Waals surface area contributed by atoms with Crippen LogP contribution >= 0.6 is 0 Å². The Morgan fingerprint density at radius 2 is 2.03 bits per heavy atom. The zero-order valence-corrected chi connectivity index (χ0v) is 17.2. The lowest BCUT2D eigenvalue weighted by molar-refractivity contribution is -0.154. The number of anilines is 1. The number of aromatic nitrogens is 3. The van der Waals surface area contributed by atoms with E-state index in [1.165, 1.54) is 17.2 Å². The molecule has 0 amide bonds. The fourth-order valence-electron chi connectivity index (χ4n) is 3.86. The molecular formula is C22H21F3N4O3. The highest BCUT2D eigenvalue weighted by atomic mass is 19.4. The minimum absolute atomic E-state index is 0.0628. The zero-order valence-electron chi connectivity index (χ0n) is 17.2. The summed E-state index contributed by atoms with van der Waals surface area (Å²) >= 11 is 0. The maximum Gasteiger partial charge on any atom is 0.419 e. The van der Waals surface area contributed by atoms with Crippen molar-refractivity contribution < 1.29 is 22.7 Å². The number of nitrogens with zero attached hydrogens (tertiary/aromatic N) is 3. The Morgan fingerprint density at radius 3 is 2.81 bits per heavy atom. The van der Waals surface area contributed by atoms with Gasteiger partial charge in [0.1, 0.15) is 5.82 Å². The van der Waals surface area contributed by atoms with Crippen LogP contribution in [0.4, 0.5) is 19.0 Å². The first kappa shape index (κ1) is 21.8. The molecule has 4 rings (SSSR count). The highest BCUT2D eigenvalue weighted by molar-refractivity contribution is 5.77. The van der Waals surface area contributed by atoms with E-state index in [0.29, 0.717) is 30.3 Å². The number of benzene rings is 1. The smallest absolute Gasteiger partial charge is 0.419 e. The van der Waals surface area contributed by atoms with Gasteiger partial charge < -0.3 is 14.6 Å². The molecule has 1 aliphatic rings. The fraction of sp³-hybridized carbons (Fsp3) is 0.364. The van der Waals surface area contributed by atoms with Gasteiger partial charge >= 0.3 is 12.1 Å². The second kappa shape index (κ2) is 8.60. The summed E-state index contributed by atoms with van der Waals surface area (Å²) in [7, 11) is 0. The molecule has 7 nitrogen and oxygen atoms in total. The van der Waals surface area contributed by atoms with E-state index < -0.39 is 29.7 Å². The van der Waals surface area contributed by atoms with Gasteiger partial charge in [0.2, 0.25) is 0 Å². The molecule has 168 valence electrons. The van der Waals surface area contributed by atoms with E-state index in [1.807, 2.05) is 0 Å². The number of carbonyl (C=O) groups excluding carboxylic acids is 1. The Bertz CT molecular complexity index is 1190. The number of alkyl halides is 3. The number of H-pyrrole nitrogens is 1. The third-order valence-corrected chi connectivity index (χ3v) is 5.46. The van der Waals surface area contributed by atoms with Crippen molar-refractivity contribution in [2.45, 2.75) is 32.0 Å². The van der Waals surface area contributed by atoms with Gasteiger partial charge in [0.25, 0.3) is 5.56 Å². The average Bonchev–Trinajstić information content (AvgIpc) is 2.78. The molecule has 0 aliphatic carbocycles. The van der Waals surface area contributed by atoms with Gasteiger partial charge in [0.05, 0.1) is 22.4 Å². The van der Waals surface area contributed by atoms with Crippen molar-refractivity contribution in [2.75, 3.05) is 18.0 Å². The number of carbonyl (C=O) groups is 1. The lowest BCUT2D eigenvalue weighted by atomic mass is 9.97. The van der Waals surface area contributed by atoms with Crippen molar-refractivity contribution in [2.24, 2.45) is 5.92 Å². The van der Waals surface area contributed by atoms with Gasteiger partial charge in [-0.25, -0.2) is 9.97 Å². The Labute approximate surface area is 181 Å². The minimum atomic E-state index is -4.54. The molecule has 1 N–H and O–H groups in total. The van der Waals surface area contributed by atoms with Crippen LogP contribution in [0.3, 0.4) is 0 Å². The number of nitrogens with one attached hydrogen (secondary N) is 1. The highest BCUT2D eigenvalue weighted by Crippen LogP contribution is 2.36. The summed E-state index contributed by atoms with van der Waals surface area (Å²) in [4.78, 5) is 37.4. The number of esters is 1. The normalized spacial score (nSPS) is 17.9. The molecule has 1 aliphatic heterocycles. The van der Waals surface area contributed by atoms with Crippen molar-refractivity contribution in [3.05, 3.63) is 64.3 Å². The Balaban J connectivity index is 1.49. The van der Waals surface area contributed by atoms with Crippen molar-refractivity contribution in [3.63, 3.8) is 0 Å². The molecule has 2 aromatic heterocycles.